The fourth-order valence-corrected chi connectivity index (χ4v) is 4.24. The number of aliphatic hydroxyl groups excluding tert-OH is 1. The molecule has 4 rings (SSSR count). The summed E-state index contributed by atoms with van der Waals surface area (Å²) in [7, 11) is 1.57. The van der Waals surface area contributed by atoms with E-state index in [1.165, 1.54) is 17.3 Å². The van der Waals surface area contributed by atoms with Crippen molar-refractivity contribution >= 4 is 17.4 Å². The topological polar surface area (TPSA) is 79.7 Å². The van der Waals surface area contributed by atoms with E-state index >= 15 is 0 Å². The average Bonchev–Trinajstić information content (AvgIpc) is 3.09. The Morgan fingerprint density at radius 2 is 1.65 bits per heavy atom. The van der Waals surface area contributed by atoms with Gasteiger partial charge in [0.15, 0.2) is 0 Å². The standard InChI is InChI=1S/C28H28N2O4/c1-28(2,3)21-11-9-18(10-12-21)24-23(25(31)19-13-15-29-16-14-19)26(32)27(33)30(24)17-20-7-5-6-8-22(20)34-4/h5-16,24,31H,17H2,1-4H3/b25-23-. The number of nitrogens with zero attached hydrogens (tertiary/aromatic N) is 2. The molecule has 174 valence electrons. The van der Waals surface area contributed by atoms with E-state index in [9.17, 15) is 14.7 Å². The minimum Gasteiger partial charge on any atom is -0.507 e. The van der Waals surface area contributed by atoms with Crippen LogP contribution in [0.3, 0.4) is 0 Å². The normalized spacial score (nSPS) is 17.8. The van der Waals surface area contributed by atoms with Gasteiger partial charge in [0.05, 0.1) is 25.3 Å². The maximum absolute atomic E-state index is 13.2. The molecule has 2 heterocycles. The molecule has 34 heavy (non-hydrogen) atoms. The number of amides is 1. The number of likely N-dealkylation sites (tertiary alicyclic amines) is 1. The summed E-state index contributed by atoms with van der Waals surface area (Å²) in [5.74, 6) is -0.964. The van der Waals surface area contributed by atoms with Crippen molar-refractivity contribution in [2.75, 3.05) is 7.11 Å². The molecule has 0 radical (unpaired) electrons. The monoisotopic (exact) mass is 456 g/mol. The van der Waals surface area contributed by atoms with Gasteiger partial charge in [-0.25, -0.2) is 0 Å². The van der Waals surface area contributed by atoms with Gasteiger partial charge < -0.3 is 14.7 Å². The summed E-state index contributed by atoms with van der Waals surface area (Å²) in [4.78, 5) is 31.9. The summed E-state index contributed by atoms with van der Waals surface area (Å²) < 4.78 is 5.46. The summed E-state index contributed by atoms with van der Waals surface area (Å²) in [6, 6.07) is 17.7. The molecule has 1 unspecified atom stereocenters. The molecule has 6 heteroatoms. The van der Waals surface area contributed by atoms with Crippen LogP contribution in [0.2, 0.25) is 0 Å². The van der Waals surface area contributed by atoms with Crippen molar-refractivity contribution in [2.45, 2.75) is 38.8 Å². The van der Waals surface area contributed by atoms with Crippen molar-refractivity contribution in [3.05, 3.63) is 101 Å². The first-order valence-electron chi connectivity index (χ1n) is 11.1. The SMILES string of the molecule is COc1ccccc1CN1C(=O)C(=O)/C(=C(\O)c2ccncc2)C1c1ccc(C(C)(C)C)cc1. The molecule has 3 aromatic rings. The number of methoxy groups -OCH3 is 1. The lowest BCUT2D eigenvalue weighted by Gasteiger charge is -2.27. The van der Waals surface area contributed by atoms with Crippen LogP contribution in [0.25, 0.3) is 5.76 Å². The molecule has 1 amide bonds. The highest BCUT2D eigenvalue weighted by Crippen LogP contribution is 2.41. The highest BCUT2D eigenvalue weighted by atomic mass is 16.5. The minimum atomic E-state index is -0.743. The molecule has 2 aromatic carbocycles. The van der Waals surface area contributed by atoms with E-state index in [-0.39, 0.29) is 23.3 Å². The molecule has 0 bridgehead atoms. The van der Waals surface area contributed by atoms with Gasteiger partial charge in [-0.15, -0.1) is 0 Å². The van der Waals surface area contributed by atoms with Gasteiger partial charge in [-0.2, -0.15) is 0 Å². The van der Waals surface area contributed by atoms with E-state index in [0.29, 0.717) is 11.3 Å². The highest BCUT2D eigenvalue weighted by molar-refractivity contribution is 6.46. The average molecular weight is 457 g/mol. The molecular weight excluding hydrogens is 428 g/mol. The lowest BCUT2D eigenvalue weighted by molar-refractivity contribution is -0.140. The van der Waals surface area contributed by atoms with Crippen LogP contribution in [0.15, 0.2) is 78.6 Å². The number of ether oxygens (including phenoxy) is 1. The third kappa shape index (κ3) is 4.31. The number of rotatable bonds is 5. The van der Waals surface area contributed by atoms with Gasteiger partial charge in [0.1, 0.15) is 11.5 Å². The molecule has 1 N–H and O–H groups in total. The van der Waals surface area contributed by atoms with Gasteiger partial charge in [0.2, 0.25) is 0 Å². The van der Waals surface area contributed by atoms with E-state index in [2.05, 4.69) is 25.8 Å². The predicted molar refractivity (Wildman–Crippen MR) is 130 cm³/mol. The third-order valence-corrected chi connectivity index (χ3v) is 6.12. The van der Waals surface area contributed by atoms with Crippen molar-refractivity contribution in [1.29, 1.82) is 0 Å². The lowest BCUT2D eigenvalue weighted by Crippen LogP contribution is -2.29. The Balaban J connectivity index is 1.86. The maximum Gasteiger partial charge on any atom is 0.295 e. The molecule has 1 aromatic heterocycles. The van der Waals surface area contributed by atoms with Crippen molar-refractivity contribution in [3.63, 3.8) is 0 Å². The largest absolute Gasteiger partial charge is 0.507 e. The number of Topliss-reactive ketones (excluding diaryl/α,β-unsaturated/α-hetero) is 1. The zero-order valence-electron chi connectivity index (χ0n) is 19.8. The number of pyridine rings is 1. The Morgan fingerprint density at radius 1 is 1.00 bits per heavy atom. The van der Waals surface area contributed by atoms with E-state index in [0.717, 1.165) is 16.7 Å². The first kappa shape index (κ1) is 23.2. The van der Waals surface area contributed by atoms with E-state index < -0.39 is 17.7 Å². The predicted octanol–water partition coefficient (Wildman–Crippen LogP) is 5.01. The second-order valence-corrected chi connectivity index (χ2v) is 9.35. The Morgan fingerprint density at radius 3 is 2.26 bits per heavy atom. The number of para-hydroxylation sites is 1. The second kappa shape index (κ2) is 9.14. The minimum absolute atomic E-state index is 0.0468. The lowest BCUT2D eigenvalue weighted by atomic mass is 9.85. The molecule has 0 saturated carbocycles. The molecule has 1 aliphatic rings. The number of hydrogen-bond acceptors (Lipinski definition) is 5. The van der Waals surface area contributed by atoms with Gasteiger partial charge in [0, 0.05) is 23.5 Å². The van der Waals surface area contributed by atoms with Crippen LogP contribution < -0.4 is 4.74 Å². The number of hydrogen-bond donors (Lipinski definition) is 1. The first-order valence-corrected chi connectivity index (χ1v) is 11.1. The Bertz CT molecular complexity index is 1240. The quantitative estimate of drug-likeness (QED) is 0.332. The zero-order valence-corrected chi connectivity index (χ0v) is 19.8. The summed E-state index contributed by atoms with van der Waals surface area (Å²) in [6.07, 6.45) is 3.07. The van der Waals surface area contributed by atoms with E-state index in [1.807, 2.05) is 48.5 Å². The molecule has 6 nitrogen and oxygen atoms in total. The van der Waals surface area contributed by atoms with Crippen LogP contribution in [0.4, 0.5) is 0 Å². The number of aliphatic hydroxyl groups is 1. The number of benzene rings is 2. The van der Waals surface area contributed by atoms with Crippen LogP contribution in [0.5, 0.6) is 5.75 Å². The Kier molecular flexibility index (Phi) is 6.24. The van der Waals surface area contributed by atoms with Gasteiger partial charge in [-0.3, -0.25) is 14.6 Å². The van der Waals surface area contributed by atoms with Gasteiger partial charge in [-0.1, -0.05) is 63.2 Å². The van der Waals surface area contributed by atoms with Crippen LogP contribution in [-0.4, -0.2) is 33.8 Å². The number of carbonyl (C=O) groups is 2. The van der Waals surface area contributed by atoms with E-state index in [4.69, 9.17) is 4.74 Å². The zero-order chi connectivity index (χ0) is 24.5. The van der Waals surface area contributed by atoms with Gasteiger partial charge in [0.25, 0.3) is 11.7 Å². The molecule has 0 spiro atoms. The summed E-state index contributed by atoms with van der Waals surface area (Å²) >= 11 is 0. The smallest absolute Gasteiger partial charge is 0.295 e. The molecule has 1 aliphatic heterocycles. The Hall–Kier alpha value is -3.93. The van der Waals surface area contributed by atoms with Gasteiger partial charge in [-0.05, 0) is 34.7 Å². The van der Waals surface area contributed by atoms with Crippen molar-refractivity contribution in [1.82, 2.24) is 9.88 Å². The van der Waals surface area contributed by atoms with Crippen molar-refractivity contribution in [3.8, 4) is 5.75 Å². The molecule has 1 atom stereocenters. The van der Waals surface area contributed by atoms with Crippen LogP contribution in [-0.2, 0) is 21.5 Å². The molecule has 0 aliphatic carbocycles. The maximum atomic E-state index is 13.2. The molecule has 1 saturated heterocycles. The van der Waals surface area contributed by atoms with Crippen LogP contribution in [0, 0.1) is 0 Å². The van der Waals surface area contributed by atoms with Crippen molar-refractivity contribution < 1.29 is 19.4 Å². The van der Waals surface area contributed by atoms with Gasteiger partial charge >= 0.3 is 0 Å². The summed E-state index contributed by atoms with van der Waals surface area (Å²) in [5, 5.41) is 11.1. The van der Waals surface area contributed by atoms with E-state index in [1.54, 1.807) is 19.2 Å². The molecular formula is C28H28N2O4. The third-order valence-electron chi connectivity index (χ3n) is 6.12. The fraction of sp³-hybridized carbons (Fsp3) is 0.250. The first-order chi connectivity index (χ1) is 16.2. The number of ketones is 1. The van der Waals surface area contributed by atoms with Crippen LogP contribution in [0.1, 0.15) is 49.1 Å². The molecule has 1 fully saturated rings. The second-order valence-electron chi connectivity index (χ2n) is 9.35. The fourth-order valence-electron chi connectivity index (χ4n) is 4.24. The highest BCUT2D eigenvalue weighted by Gasteiger charge is 2.46. The summed E-state index contributed by atoms with van der Waals surface area (Å²) in [6.45, 7) is 6.53. The number of aromatic nitrogens is 1. The summed E-state index contributed by atoms with van der Waals surface area (Å²) in [5.41, 5.74) is 3.10. The van der Waals surface area contributed by atoms with Crippen LogP contribution >= 0.6 is 0 Å². The number of carbonyl (C=O) groups excluding carboxylic acids is 2. The van der Waals surface area contributed by atoms with Crippen molar-refractivity contribution in [2.24, 2.45) is 0 Å². The Labute approximate surface area is 199 Å².